The lowest BCUT2D eigenvalue weighted by Gasteiger charge is -1.97. The molecule has 0 aliphatic carbocycles. The maximum Gasteiger partial charge on any atom is 0.306 e. The first kappa shape index (κ1) is 7.14. The van der Waals surface area contributed by atoms with E-state index in [1.807, 2.05) is 0 Å². The van der Waals surface area contributed by atoms with Gasteiger partial charge in [-0.2, -0.15) is 5.10 Å². The highest BCUT2D eigenvalue weighted by Gasteiger charge is 2.33. The molecule has 1 rings (SSSR count). The molecule has 1 aliphatic rings. The van der Waals surface area contributed by atoms with Crippen LogP contribution in [0.4, 0.5) is 0 Å². The van der Waals surface area contributed by atoms with Gasteiger partial charge in [0.2, 0.25) is 5.17 Å². The number of nitro groups is 1. The van der Waals surface area contributed by atoms with Gasteiger partial charge in [0.15, 0.2) is 0 Å². The average Bonchev–Trinajstić information content (AvgIpc) is 2.11. The van der Waals surface area contributed by atoms with Crippen LogP contribution in [0.25, 0.3) is 0 Å². The third-order valence-corrected chi connectivity index (χ3v) is 1.42. The van der Waals surface area contributed by atoms with Gasteiger partial charge in [-0.1, -0.05) is 11.6 Å². The van der Waals surface area contributed by atoms with Gasteiger partial charge in [-0.05, 0) is 6.92 Å². The Morgan fingerprint density at radius 2 is 2.30 bits per heavy atom. The van der Waals surface area contributed by atoms with Crippen molar-refractivity contribution in [2.24, 2.45) is 10.2 Å². The van der Waals surface area contributed by atoms with Crippen molar-refractivity contribution in [2.75, 3.05) is 0 Å². The van der Waals surface area contributed by atoms with Crippen LogP contribution in [0.2, 0.25) is 0 Å². The van der Waals surface area contributed by atoms with Crippen LogP contribution in [0.5, 0.6) is 0 Å². The minimum atomic E-state index is -1.01. The van der Waals surface area contributed by atoms with E-state index in [0.717, 1.165) is 0 Å². The Morgan fingerprint density at radius 1 is 1.70 bits per heavy atom. The zero-order valence-corrected chi connectivity index (χ0v) is 5.87. The number of hydrogen-bond acceptors (Lipinski definition) is 4. The largest absolute Gasteiger partial charge is 0.306 e. The van der Waals surface area contributed by atoms with Gasteiger partial charge in [0.1, 0.15) is 5.71 Å². The molecule has 0 bridgehead atoms. The molecule has 0 fully saturated rings. The van der Waals surface area contributed by atoms with Crippen LogP contribution in [-0.4, -0.2) is 21.8 Å². The Morgan fingerprint density at radius 3 is 2.50 bits per heavy atom. The topological polar surface area (TPSA) is 67.9 Å². The van der Waals surface area contributed by atoms with Crippen LogP contribution in [0, 0.1) is 10.1 Å². The normalized spacial score (nSPS) is 24.0. The lowest BCUT2D eigenvalue weighted by Crippen LogP contribution is -2.30. The molecule has 0 radical (unpaired) electrons. The second kappa shape index (κ2) is 2.34. The summed E-state index contributed by atoms with van der Waals surface area (Å²) >= 11 is 5.36. The summed E-state index contributed by atoms with van der Waals surface area (Å²) in [6, 6.07) is -1.01. The fourth-order valence-electron chi connectivity index (χ4n) is 0.648. The van der Waals surface area contributed by atoms with Gasteiger partial charge >= 0.3 is 6.04 Å². The maximum absolute atomic E-state index is 10.2. The molecule has 0 saturated carbocycles. The fourth-order valence-corrected chi connectivity index (χ4v) is 0.923. The summed E-state index contributed by atoms with van der Waals surface area (Å²) in [5, 5.41) is 16.9. The van der Waals surface area contributed by atoms with Crippen LogP contribution in [-0.2, 0) is 0 Å². The van der Waals surface area contributed by atoms with Crippen molar-refractivity contribution in [1.29, 1.82) is 0 Å². The summed E-state index contributed by atoms with van der Waals surface area (Å²) in [6.07, 6.45) is 0. The van der Waals surface area contributed by atoms with Crippen LogP contribution < -0.4 is 0 Å². The Hall–Kier alpha value is -0.970. The third-order valence-electron chi connectivity index (χ3n) is 1.14. The highest BCUT2D eigenvalue weighted by Crippen LogP contribution is 2.09. The van der Waals surface area contributed by atoms with Gasteiger partial charge in [-0.15, -0.1) is 5.10 Å². The van der Waals surface area contributed by atoms with E-state index in [4.69, 9.17) is 11.6 Å². The van der Waals surface area contributed by atoms with Crippen molar-refractivity contribution in [3.05, 3.63) is 10.1 Å². The van der Waals surface area contributed by atoms with Gasteiger partial charge < -0.3 is 0 Å². The molecular formula is C4H4ClN3O2. The lowest BCUT2D eigenvalue weighted by atomic mass is 10.2. The monoisotopic (exact) mass is 161 g/mol. The second-order valence-electron chi connectivity index (χ2n) is 1.85. The SMILES string of the molecule is CC1=NN=C(Cl)[C@@H]1[N+](=O)[O-]. The lowest BCUT2D eigenvalue weighted by molar-refractivity contribution is -0.483. The van der Waals surface area contributed by atoms with Crippen molar-refractivity contribution < 1.29 is 4.92 Å². The summed E-state index contributed by atoms with van der Waals surface area (Å²) < 4.78 is 0. The molecule has 0 spiro atoms. The van der Waals surface area contributed by atoms with E-state index in [2.05, 4.69) is 10.2 Å². The molecule has 0 aromatic rings. The van der Waals surface area contributed by atoms with Gasteiger partial charge in [0.25, 0.3) is 0 Å². The molecule has 1 atom stereocenters. The zero-order valence-electron chi connectivity index (χ0n) is 5.11. The number of hydrogen-bond donors (Lipinski definition) is 0. The smallest absolute Gasteiger partial charge is 0.263 e. The number of rotatable bonds is 1. The molecule has 0 unspecified atom stereocenters. The molecule has 10 heavy (non-hydrogen) atoms. The van der Waals surface area contributed by atoms with Crippen molar-refractivity contribution in [3.8, 4) is 0 Å². The summed E-state index contributed by atoms with van der Waals surface area (Å²) in [6.45, 7) is 1.52. The van der Waals surface area contributed by atoms with E-state index >= 15 is 0 Å². The van der Waals surface area contributed by atoms with Crippen molar-refractivity contribution in [2.45, 2.75) is 13.0 Å². The van der Waals surface area contributed by atoms with Crippen LogP contribution in [0.3, 0.4) is 0 Å². The maximum atomic E-state index is 10.2. The van der Waals surface area contributed by atoms with E-state index < -0.39 is 11.0 Å². The molecule has 6 heteroatoms. The van der Waals surface area contributed by atoms with Gasteiger partial charge in [-0.25, -0.2) is 0 Å². The molecular weight excluding hydrogens is 158 g/mol. The van der Waals surface area contributed by atoms with Gasteiger partial charge in [-0.3, -0.25) is 10.1 Å². The predicted molar refractivity (Wildman–Crippen MR) is 37.2 cm³/mol. The highest BCUT2D eigenvalue weighted by molar-refractivity contribution is 6.68. The first-order valence-corrected chi connectivity index (χ1v) is 2.91. The second-order valence-corrected chi connectivity index (χ2v) is 2.24. The molecule has 5 nitrogen and oxygen atoms in total. The minimum Gasteiger partial charge on any atom is -0.263 e. The van der Waals surface area contributed by atoms with Crippen molar-refractivity contribution in [3.63, 3.8) is 0 Å². The molecule has 0 aromatic carbocycles. The molecule has 1 heterocycles. The molecule has 1 aliphatic heterocycles. The fraction of sp³-hybridized carbons (Fsp3) is 0.500. The molecule has 0 aromatic heterocycles. The summed E-state index contributed by atoms with van der Waals surface area (Å²) in [4.78, 5) is 9.67. The van der Waals surface area contributed by atoms with Crippen molar-refractivity contribution >= 4 is 22.5 Å². The Kier molecular flexibility index (Phi) is 1.67. The van der Waals surface area contributed by atoms with Crippen molar-refractivity contribution in [1.82, 2.24) is 0 Å². The van der Waals surface area contributed by atoms with E-state index in [9.17, 15) is 10.1 Å². The van der Waals surface area contributed by atoms with Crippen LogP contribution in [0.15, 0.2) is 10.2 Å². The average molecular weight is 162 g/mol. The zero-order chi connectivity index (χ0) is 7.72. The summed E-state index contributed by atoms with van der Waals surface area (Å²) in [5.74, 6) is 0. The highest BCUT2D eigenvalue weighted by atomic mass is 35.5. The molecule has 54 valence electrons. The Bertz CT molecular complexity index is 217. The quantitative estimate of drug-likeness (QED) is 0.419. The first-order chi connectivity index (χ1) is 4.63. The van der Waals surface area contributed by atoms with E-state index in [0.29, 0.717) is 5.71 Å². The van der Waals surface area contributed by atoms with Crippen LogP contribution >= 0.6 is 11.6 Å². The van der Waals surface area contributed by atoms with E-state index in [-0.39, 0.29) is 5.17 Å². The number of nitrogens with zero attached hydrogens (tertiary/aromatic N) is 3. The summed E-state index contributed by atoms with van der Waals surface area (Å²) in [7, 11) is 0. The predicted octanol–water partition coefficient (Wildman–Crippen LogP) is 0.659. The number of halogens is 1. The van der Waals surface area contributed by atoms with E-state index in [1.165, 1.54) is 6.92 Å². The minimum absolute atomic E-state index is 0.0671. The van der Waals surface area contributed by atoms with Crippen LogP contribution in [0.1, 0.15) is 6.92 Å². The standard InChI is InChI=1S/C4H4ClN3O2/c1-2-3(8(9)10)4(5)7-6-2/h3H,1H3/t3-/m1/s1. The summed E-state index contributed by atoms with van der Waals surface area (Å²) in [5.41, 5.74) is 0.329. The van der Waals surface area contributed by atoms with E-state index in [1.54, 1.807) is 0 Å². The van der Waals surface area contributed by atoms with Gasteiger partial charge in [0.05, 0.1) is 0 Å². The molecule has 0 amide bonds. The first-order valence-electron chi connectivity index (χ1n) is 2.54. The molecule has 0 saturated heterocycles. The Labute approximate surface area is 61.5 Å². The molecule has 0 N–H and O–H groups in total. The third kappa shape index (κ3) is 0.995. The van der Waals surface area contributed by atoms with Gasteiger partial charge in [0, 0.05) is 4.92 Å². The Balaban J connectivity index is 2.86.